The van der Waals surface area contributed by atoms with E-state index in [2.05, 4.69) is 21.7 Å². The number of fused-ring (bicyclic) bond motifs is 1. The van der Waals surface area contributed by atoms with Gasteiger partial charge in [0, 0.05) is 19.2 Å². The molecule has 0 aliphatic carbocycles. The average Bonchev–Trinajstić information content (AvgIpc) is 2.84. The first-order valence-electron chi connectivity index (χ1n) is 6.81. The van der Waals surface area contributed by atoms with E-state index in [1.165, 1.54) is 16.9 Å². The normalized spacial score (nSPS) is 15.0. The van der Waals surface area contributed by atoms with Crippen LogP contribution in [0.5, 0.6) is 0 Å². The first-order chi connectivity index (χ1) is 10.1. The molecule has 0 amide bonds. The van der Waals surface area contributed by atoms with Gasteiger partial charge in [0.2, 0.25) is 0 Å². The summed E-state index contributed by atoms with van der Waals surface area (Å²) >= 11 is 1.48. The van der Waals surface area contributed by atoms with Gasteiger partial charge in [0.1, 0.15) is 5.69 Å². The van der Waals surface area contributed by atoms with Gasteiger partial charge < -0.3 is 10.6 Å². The summed E-state index contributed by atoms with van der Waals surface area (Å²) in [6, 6.07) is 3.39. The fourth-order valence-corrected chi connectivity index (χ4v) is 3.25. The molecular formula is C14H16N4O2S. The Morgan fingerprint density at radius 1 is 1.52 bits per heavy atom. The van der Waals surface area contributed by atoms with Crippen LogP contribution in [0.15, 0.2) is 23.8 Å². The number of aromatic nitrogens is 1. The summed E-state index contributed by atoms with van der Waals surface area (Å²) in [5.41, 5.74) is 2.74. The molecule has 21 heavy (non-hydrogen) atoms. The lowest BCUT2D eigenvalue weighted by Crippen LogP contribution is -2.23. The number of hydrogen-bond acceptors (Lipinski definition) is 6. The molecule has 2 aromatic rings. The van der Waals surface area contributed by atoms with Gasteiger partial charge in [-0.1, -0.05) is 11.6 Å². The van der Waals surface area contributed by atoms with Crippen molar-refractivity contribution in [3.63, 3.8) is 0 Å². The fourth-order valence-electron chi connectivity index (χ4n) is 2.41. The van der Waals surface area contributed by atoms with Gasteiger partial charge in [-0.3, -0.25) is 10.1 Å². The zero-order valence-corrected chi connectivity index (χ0v) is 12.5. The second-order valence-electron chi connectivity index (χ2n) is 5.00. The van der Waals surface area contributed by atoms with Gasteiger partial charge in [-0.2, -0.15) is 0 Å². The molecular weight excluding hydrogens is 288 g/mol. The Bertz CT molecular complexity index is 723. The summed E-state index contributed by atoms with van der Waals surface area (Å²) in [7, 11) is 0. The SMILES string of the molecule is Cc1nc2cc(NCC3=CCNCC3)c([N+](=O)[O-])cc2s1. The maximum atomic E-state index is 11.2. The van der Waals surface area contributed by atoms with E-state index in [9.17, 15) is 10.1 Å². The molecule has 7 heteroatoms. The molecule has 1 aliphatic heterocycles. The Kier molecular flexibility index (Phi) is 3.85. The van der Waals surface area contributed by atoms with Crippen LogP contribution < -0.4 is 10.6 Å². The van der Waals surface area contributed by atoms with Crippen molar-refractivity contribution < 1.29 is 4.92 Å². The minimum Gasteiger partial charge on any atom is -0.376 e. The molecule has 110 valence electrons. The van der Waals surface area contributed by atoms with Crippen molar-refractivity contribution in [3.05, 3.63) is 38.9 Å². The number of benzene rings is 1. The minimum absolute atomic E-state index is 0.112. The van der Waals surface area contributed by atoms with Gasteiger partial charge in [0.25, 0.3) is 5.69 Å². The van der Waals surface area contributed by atoms with Crippen LogP contribution in [0.25, 0.3) is 10.2 Å². The fraction of sp³-hybridized carbons (Fsp3) is 0.357. The number of hydrogen-bond donors (Lipinski definition) is 2. The highest BCUT2D eigenvalue weighted by Gasteiger charge is 2.17. The highest BCUT2D eigenvalue weighted by Crippen LogP contribution is 2.33. The molecule has 0 fully saturated rings. The number of nitro benzene ring substituents is 1. The number of rotatable bonds is 4. The third-order valence-corrected chi connectivity index (χ3v) is 4.41. The third-order valence-electron chi connectivity index (χ3n) is 3.47. The van der Waals surface area contributed by atoms with Crippen LogP contribution in [0.1, 0.15) is 11.4 Å². The molecule has 0 atom stereocenters. The standard InChI is InChI=1S/C14H16N4O2S/c1-9-17-12-6-11(13(18(19)20)7-14(12)21-9)16-8-10-2-4-15-5-3-10/h2,6-7,15-16H,3-5,8H2,1H3. The van der Waals surface area contributed by atoms with Crippen LogP contribution >= 0.6 is 11.3 Å². The zero-order valence-electron chi connectivity index (χ0n) is 11.7. The minimum atomic E-state index is -0.340. The predicted molar refractivity (Wildman–Crippen MR) is 85.1 cm³/mol. The number of nitrogens with zero attached hydrogens (tertiary/aromatic N) is 2. The lowest BCUT2D eigenvalue weighted by atomic mass is 10.1. The van der Waals surface area contributed by atoms with Crippen molar-refractivity contribution in [2.45, 2.75) is 13.3 Å². The van der Waals surface area contributed by atoms with Crippen molar-refractivity contribution in [3.8, 4) is 0 Å². The number of nitro groups is 1. The van der Waals surface area contributed by atoms with Crippen LogP contribution in [-0.2, 0) is 0 Å². The van der Waals surface area contributed by atoms with Crippen LogP contribution in [0, 0.1) is 17.0 Å². The van der Waals surface area contributed by atoms with Crippen molar-refractivity contribution >= 4 is 32.9 Å². The molecule has 0 saturated carbocycles. The highest BCUT2D eigenvalue weighted by atomic mass is 32.1. The van der Waals surface area contributed by atoms with E-state index in [1.807, 2.05) is 6.92 Å². The summed E-state index contributed by atoms with van der Waals surface area (Å²) in [5, 5.41) is 18.6. The van der Waals surface area contributed by atoms with Crippen LogP contribution in [0.2, 0.25) is 0 Å². The molecule has 6 nitrogen and oxygen atoms in total. The monoisotopic (exact) mass is 304 g/mol. The van der Waals surface area contributed by atoms with E-state index in [1.54, 1.807) is 12.1 Å². The van der Waals surface area contributed by atoms with Crippen molar-refractivity contribution in [1.29, 1.82) is 0 Å². The Morgan fingerprint density at radius 3 is 3.10 bits per heavy atom. The molecule has 2 heterocycles. The van der Waals surface area contributed by atoms with E-state index < -0.39 is 0 Å². The predicted octanol–water partition coefficient (Wildman–Crippen LogP) is 2.84. The largest absolute Gasteiger partial charge is 0.376 e. The maximum Gasteiger partial charge on any atom is 0.293 e. The molecule has 3 rings (SSSR count). The Labute approximate surface area is 126 Å². The molecule has 0 bridgehead atoms. The van der Waals surface area contributed by atoms with E-state index in [4.69, 9.17) is 0 Å². The molecule has 1 aromatic heterocycles. The van der Waals surface area contributed by atoms with E-state index in [-0.39, 0.29) is 10.6 Å². The topological polar surface area (TPSA) is 80.1 Å². The van der Waals surface area contributed by atoms with E-state index in [0.717, 1.165) is 34.7 Å². The van der Waals surface area contributed by atoms with Crippen LogP contribution in [0.3, 0.4) is 0 Å². The number of nitrogens with one attached hydrogen (secondary N) is 2. The number of thiazole rings is 1. The molecule has 1 aromatic carbocycles. The van der Waals surface area contributed by atoms with Crippen LogP contribution in [-0.4, -0.2) is 29.5 Å². The number of aryl methyl sites for hydroxylation is 1. The van der Waals surface area contributed by atoms with Gasteiger partial charge in [0.05, 0.1) is 20.1 Å². The van der Waals surface area contributed by atoms with E-state index >= 15 is 0 Å². The lowest BCUT2D eigenvalue weighted by molar-refractivity contribution is -0.383. The molecule has 0 spiro atoms. The first-order valence-corrected chi connectivity index (χ1v) is 7.63. The molecule has 0 saturated heterocycles. The summed E-state index contributed by atoms with van der Waals surface area (Å²) in [4.78, 5) is 15.3. The molecule has 0 radical (unpaired) electrons. The van der Waals surface area contributed by atoms with Crippen molar-refractivity contribution in [1.82, 2.24) is 10.3 Å². The molecule has 0 unspecified atom stereocenters. The lowest BCUT2D eigenvalue weighted by Gasteiger charge is -2.15. The van der Waals surface area contributed by atoms with Crippen molar-refractivity contribution in [2.75, 3.05) is 25.0 Å². The zero-order chi connectivity index (χ0) is 14.8. The average molecular weight is 304 g/mol. The smallest absolute Gasteiger partial charge is 0.293 e. The summed E-state index contributed by atoms with van der Waals surface area (Å²) in [5.74, 6) is 0. The summed E-state index contributed by atoms with van der Waals surface area (Å²) in [6.07, 6.45) is 3.10. The molecule has 1 aliphatic rings. The molecule has 2 N–H and O–H groups in total. The third kappa shape index (κ3) is 3.03. The second kappa shape index (κ2) is 5.79. The first kappa shape index (κ1) is 14.0. The van der Waals surface area contributed by atoms with Crippen molar-refractivity contribution in [2.24, 2.45) is 0 Å². The van der Waals surface area contributed by atoms with Crippen LogP contribution in [0.4, 0.5) is 11.4 Å². The Balaban J connectivity index is 1.89. The van der Waals surface area contributed by atoms with Gasteiger partial charge in [0.15, 0.2) is 0 Å². The Hall–Kier alpha value is -1.99. The Morgan fingerprint density at radius 2 is 2.38 bits per heavy atom. The maximum absolute atomic E-state index is 11.2. The quantitative estimate of drug-likeness (QED) is 0.516. The van der Waals surface area contributed by atoms with Gasteiger partial charge >= 0.3 is 0 Å². The summed E-state index contributed by atoms with van der Waals surface area (Å²) in [6.45, 7) is 4.37. The van der Waals surface area contributed by atoms with Gasteiger partial charge in [-0.25, -0.2) is 4.98 Å². The number of anilines is 1. The highest BCUT2D eigenvalue weighted by molar-refractivity contribution is 7.18. The van der Waals surface area contributed by atoms with Gasteiger partial charge in [-0.05, 0) is 26.0 Å². The second-order valence-corrected chi connectivity index (χ2v) is 6.23. The summed E-state index contributed by atoms with van der Waals surface area (Å²) < 4.78 is 0.853. The van der Waals surface area contributed by atoms with Gasteiger partial charge in [-0.15, -0.1) is 11.3 Å². The van der Waals surface area contributed by atoms with E-state index in [0.29, 0.717) is 12.2 Å².